The van der Waals surface area contributed by atoms with Crippen molar-refractivity contribution < 1.29 is 4.79 Å². The van der Waals surface area contributed by atoms with E-state index in [-0.39, 0.29) is 11.9 Å². The highest BCUT2D eigenvalue weighted by molar-refractivity contribution is 6.00. The minimum atomic E-state index is -0.122. The van der Waals surface area contributed by atoms with Gasteiger partial charge in [0.1, 0.15) is 11.6 Å². The van der Waals surface area contributed by atoms with Crippen LogP contribution in [0.2, 0.25) is 0 Å². The quantitative estimate of drug-likeness (QED) is 0.706. The van der Waals surface area contributed by atoms with Crippen LogP contribution in [0.15, 0.2) is 18.5 Å². The predicted molar refractivity (Wildman–Crippen MR) is 112 cm³/mol. The minimum absolute atomic E-state index is 0.122. The van der Waals surface area contributed by atoms with Gasteiger partial charge in [-0.1, -0.05) is 6.92 Å². The molecular formula is C20H31N7O. The van der Waals surface area contributed by atoms with Crippen molar-refractivity contribution in [2.75, 3.05) is 30.0 Å². The van der Waals surface area contributed by atoms with Gasteiger partial charge in [0.15, 0.2) is 5.82 Å². The molecule has 0 unspecified atom stereocenters. The number of nitrogen functional groups attached to an aromatic ring is 1. The molecule has 4 N–H and O–H groups in total. The van der Waals surface area contributed by atoms with Gasteiger partial charge < -0.3 is 25.8 Å². The normalized spacial score (nSPS) is 19.3. The summed E-state index contributed by atoms with van der Waals surface area (Å²) in [6, 6.07) is 1.92. The molecule has 0 radical (unpaired) electrons. The Hall–Kier alpha value is -2.77. The maximum absolute atomic E-state index is 13.1. The van der Waals surface area contributed by atoms with Crippen LogP contribution in [0.25, 0.3) is 0 Å². The summed E-state index contributed by atoms with van der Waals surface area (Å²) in [5, 5.41) is 6.18. The Morgan fingerprint density at radius 3 is 2.68 bits per heavy atom. The van der Waals surface area contributed by atoms with Crippen LogP contribution in [0, 0.1) is 5.92 Å². The average Bonchev–Trinajstić information content (AvgIpc) is 3.07. The highest BCUT2D eigenvalue weighted by Gasteiger charge is 2.24. The van der Waals surface area contributed by atoms with E-state index in [0.29, 0.717) is 29.4 Å². The second-order valence-electron chi connectivity index (χ2n) is 7.79. The third-order valence-electron chi connectivity index (χ3n) is 5.53. The van der Waals surface area contributed by atoms with Crippen molar-refractivity contribution >= 4 is 23.2 Å². The van der Waals surface area contributed by atoms with Gasteiger partial charge in [-0.15, -0.1) is 0 Å². The molecule has 1 saturated carbocycles. The van der Waals surface area contributed by atoms with Crippen LogP contribution in [0.5, 0.6) is 0 Å². The first-order chi connectivity index (χ1) is 13.4. The number of rotatable bonds is 6. The number of hydrogen-bond acceptors (Lipinski definition) is 6. The fraction of sp³-hybridized carbons (Fsp3) is 0.550. The molecule has 1 amide bonds. The molecule has 0 saturated heterocycles. The van der Waals surface area contributed by atoms with E-state index in [0.717, 1.165) is 37.4 Å². The van der Waals surface area contributed by atoms with Gasteiger partial charge in [0.05, 0.1) is 17.8 Å². The summed E-state index contributed by atoms with van der Waals surface area (Å²) in [6.45, 7) is 2.80. The Balaban J connectivity index is 1.85. The number of imidazole rings is 1. The van der Waals surface area contributed by atoms with Crippen molar-refractivity contribution in [1.29, 1.82) is 0 Å². The molecule has 0 bridgehead atoms. The summed E-state index contributed by atoms with van der Waals surface area (Å²) in [6.07, 6.45) is 7.99. The molecule has 8 heteroatoms. The molecule has 2 aromatic rings. The van der Waals surface area contributed by atoms with Gasteiger partial charge in [-0.3, -0.25) is 4.79 Å². The Labute approximate surface area is 166 Å². The number of nitrogens with one attached hydrogen (secondary N) is 2. The number of carbonyl (C=O) groups excluding carboxylic acids is 1. The first kappa shape index (κ1) is 20.0. The van der Waals surface area contributed by atoms with E-state index in [4.69, 9.17) is 5.73 Å². The SMILES string of the molecule is CNc1nc(N(C)Cc2nccn2C)c(C(=O)NC2CCC(C)CC2)cc1N. The Morgan fingerprint density at radius 1 is 1.36 bits per heavy atom. The molecule has 3 rings (SSSR count). The van der Waals surface area contributed by atoms with Gasteiger partial charge in [0.2, 0.25) is 0 Å². The van der Waals surface area contributed by atoms with Crippen LogP contribution >= 0.6 is 0 Å². The van der Waals surface area contributed by atoms with Crippen LogP contribution < -0.4 is 21.3 Å². The third kappa shape index (κ3) is 4.37. The van der Waals surface area contributed by atoms with Crippen molar-refractivity contribution in [3.05, 3.63) is 29.8 Å². The standard InChI is InChI=1S/C20H31N7O/c1-13-5-7-14(8-6-13)24-20(28)15-11-16(21)18(22-2)25-19(15)27(4)12-17-23-9-10-26(17)3/h9-11,13-14H,5-8,12,21H2,1-4H3,(H,22,25)(H,24,28). The summed E-state index contributed by atoms with van der Waals surface area (Å²) in [5.74, 6) is 2.65. The molecule has 2 heterocycles. The minimum Gasteiger partial charge on any atom is -0.396 e. The van der Waals surface area contributed by atoms with Crippen LogP contribution in [0.3, 0.4) is 0 Å². The number of nitrogens with two attached hydrogens (primary N) is 1. The first-order valence-electron chi connectivity index (χ1n) is 9.85. The molecule has 0 aliphatic heterocycles. The number of carbonyl (C=O) groups is 1. The number of amides is 1. The van der Waals surface area contributed by atoms with Crippen LogP contribution in [0.1, 0.15) is 48.8 Å². The van der Waals surface area contributed by atoms with E-state index in [1.165, 1.54) is 0 Å². The Bertz CT molecular complexity index is 824. The van der Waals surface area contributed by atoms with Crippen molar-refractivity contribution in [3.63, 3.8) is 0 Å². The van der Waals surface area contributed by atoms with Crippen molar-refractivity contribution in [3.8, 4) is 0 Å². The molecule has 0 spiro atoms. The van der Waals surface area contributed by atoms with Crippen LogP contribution in [-0.4, -0.2) is 40.6 Å². The van der Waals surface area contributed by atoms with Gasteiger partial charge in [-0.2, -0.15) is 0 Å². The Morgan fingerprint density at radius 2 is 2.07 bits per heavy atom. The molecule has 1 aliphatic rings. The number of aryl methyl sites for hydroxylation is 1. The third-order valence-corrected chi connectivity index (χ3v) is 5.53. The van der Waals surface area contributed by atoms with E-state index in [1.807, 2.05) is 29.8 Å². The molecule has 0 aromatic carbocycles. The van der Waals surface area contributed by atoms with Gasteiger partial charge >= 0.3 is 0 Å². The zero-order valence-electron chi connectivity index (χ0n) is 17.2. The highest BCUT2D eigenvalue weighted by atomic mass is 16.1. The summed E-state index contributed by atoms with van der Waals surface area (Å²) in [7, 11) is 5.62. The average molecular weight is 386 g/mol. The van der Waals surface area contributed by atoms with E-state index in [1.54, 1.807) is 19.3 Å². The number of nitrogens with zero attached hydrogens (tertiary/aromatic N) is 4. The largest absolute Gasteiger partial charge is 0.396 e. The molecule has 152 valence electrons. The van der Waals surface area contributed by atoms with E-state index < -0.39 is 0 Å². The fourth-order valence-corrected chi connectivity index (χ4v) is 3.68. The van der Waals surface area contributed by atoms with Crippen molar-refractivity contribution in [1.82, 2.24) is 19.9 Å². The zero-order chi connectivity index (χ0) is 20.3. The van der Waals surface area contributed by atoms with Crippen molar-refractivity contribution in [2.45, 2.75) is 45.2 Å². The molecule has 0 atom stereocenters. The summed E-state index contributed by atoms with van der Waals surface area (Å²) >= 11 is 0. The second-order valence-corrected chi connectivity index (χ2v) is 7.79. The van der Waals surface area contributed by atoms with E-state index in [2.05, 4.69) is 27.5 Å². The highest BCUT2D eigenvalue weighted by Crippen LogP contribution is 2.28. The monoisotopic (exact) mass is 385 g/mol. The lowest BCUT2D eigenvalue weighted by Crippen LogP contribution is -2.38. The first-order valence-corrected chi connectivity index (χ1v) is 9.85. The number of aromatic nitrogens is 3. The van der Waals surface area contributed by atoms with Gasteiger partial charge in [0, 0.05) is 39.6 Å². The lowest BCUT2D eigenvalue weighted by Gasteiger charge is -2.28. The summed E-state index contributed by atoms with van der Waals surface area (Å²) in [5.41, 5.74) is 7.06. The Kier molecular flexibility index (Phi) is 6.06. The smallest absolute Gasteiger partial charge is 0.255 e. The van der Waals surface area contributed by atoms with Gasteiger partial charge in [-0.25, -0.2) is 9.97 Å². The predicted octanol–water partition coefficient (Wildman–Crippen LogP) is 2.38. The fourth-order valence-electron chi connectivity index (χ4n) is 3.68. The van der Waals surface area contributed by atoms with Crippen LogP contribution in [-0.2, 0) is 13.6 Å². The molecule has 8 nitrogen and oxygen atoms in total. The van der Waals surface area contributed by atoms with Gasteiger partial charge in [-0.05, 0) is 37.7 Å². The number of pyridine rings is 1. The lowest BCUT2D eigenvalue weighted by atomic mass is 9.87. The summed E-state index contributed by atoms with van der Waals surface area (Å²) < 4.78 is 1.95. The molecule has 2 aromatic heterocycles. The molecule has 1 fully saturated rings. The number of anilines is 3. The molecule has 28 heavy (non-hydrogen) atoms. The van der Waals surface area contributed by atoms with E-state index in [9.17, 15) is 4.79 Å². The zero-order valence-corrected chi connectivity index (χ0v) is 17.2. The maximum atomic E-state index is 13.1. The topological polar surface area (TPSA) is 101 Å². The lowest BCUT2D eigenvalue weighted by molar-refractivity contribution is 0.0923. The van der Waals surface area contributed by atoms with Crippen molar-refractivity contribution in [2.24, 2.45) is 13.0 Å². The molecule has 1 aliphatic carbocycles. The van der Waals surface area contributed by atoms with Crippen LogP contribution in [0.4, 0.5) is 17.3 Å². The maximum Gasteiger partial charge on any atom is 0.255 e. The summed E-state index contributed by atoms with van der Waals surface area (Å²) in [4.78, 5) is 24.0. The number of hydrogen-bond donors (Lipinski definition) is 3. The second kappa shape index (κ2) is 8.50. The van der Waals surface area contributed by atoms with Gasteiger partial charge in [0.25, 0.3) is 5.91 Å². The molecular weight excluding hydrogens is 354 g/mol. The van der Waals surface area contributed by atoms with E-state index >= 15 is 0 Å².